The van der Waals surface area contributed by atoms with Crippen LogP contribution in [-0.2, 0) is 4.52 Å². The van der Waals surface area contributed by atoms with Gasteiger partial charge in [-0.05, 0) is 13.5 Å². The van der Waals surface area contributed by atoms with Gasteiger partial charge in [0, 0.05) is 0 Å². The van der Waals surface area contributed by atoms with Crippen molar-refractivity contribution in [2.24, 2.45) is 0 Å². The number of hydrogen-bond donors (Lipinski definition) is 1. The molecule has 0 saturated carbocycles. The van der Waals surface area contributed by atoms with Gasteiger partial charge >= 0.3 is 0 Å². The Morgan fingerprint density at radius 2 is 2.43 bits per heavy atom. The largest absolute Gasteiger partial charge is 0.347 e. The first-order chi connectivity index (χ1) is 3.41. The van der Waals surface area contributed by atoms with Gasteiger partial charge < -0.3 is 4.52 Å². The molecule has 0 aromatic rings. The average molecular weight is 121 g/mol. The third kappa shape index (κ3) is 6.35. The highest BCUT2D eigenvalue weighted by molar-refractivity contribution is 7.29. The molecule has 2 nitrogen and oxygen atoms in total. The molecule has 0 bridgehead atoms. The monoisotopic (exact) mass is 121 g/mol. The second kappa shape index (κ2) is 6.35. The Morgan fingerprint density at radius 3 is 2.86 bits per heavy atom. The number of hydrogen-bond acceptors (Lipinski definition) is 2. The van der Waals surface area contributed by atoms with Crippen molar-refractivity contribution >= 4 is 8.96 Å². The van der Waals surface area contributed by atoms with Crippen molar-refractivity contribution < 1.29 is 4.52 Å². The van der Waals surface area contributed by atoms with Gasteiger partial charge in [-0.1, -0.05) is 6.92 Å². The molecule has 0 aromatic carbocycles. The standard InChI is InChI=1S/C4H12NOP/c1-3-4-6-7-5-2/h5,7H,3-4H2,1-2H3. The fraction of sp³-hybridized carbons (Fsp3) is 1.00. The van der Waals surface area contributed by atoms with Crippen LogP contribution in [0.5, 0.6) is 0 Å². The Labute approximate surface area is 46.6 Å². The van der Waals surface area contributed by atoms with E-state index >= 15 is 0 Å². The predicted octanol–water partition coefficient (Wildman–Crippen LogP) is 1.14. The van der Waals surface area contributed by atoms with Gasteiger partial charge in [0.2, 0.25) is 0 Å². The lowest BCUT2D eigenvalue weighted by Crippen LogP contribution is -1.90. The average Bonchev–Trinajstić information content (AvgIpc) is 1.69. The van der Waals surface area contributed by atoms with Crippen molar-refractivity contribution in [1.82, 2.24) is 5.09 Å². The molecule has 0 saturated heterocycles. The Morgan fingerprint density at radius 1 is 1.71 bits per heavy atom. The minimum Gasteiger partial charge on any atom is -0.347 e. The predicted molar refractivity (Wildman–Crippen MR) is 33.6 cm³/mol. The highest BCUT2D eigenvalue weighted by Crippen LogP contribution is 2.02. The Bertz CT molecular complexity index is 30.9. The van der Waals surface area contributed by atoms with Gasteiger partial charge in [-0.2, -0.15) is 0 Å². The molecule has 0 fully saturated rings. The van der Waals surface area contributed by atoms with Crippen molar-refractivity contribution in [3.05, 3.63) is 0 Å². The van der Waals surface area contributed by atoms with E-state index in [0.717, 1.165) is 13.0 Å². The molecule has 3 heteroatoms. The maximum atomic E-state index is 5.05. The summed E-state index contributed by atoms with van der Waals surface area (Å²) >= 11 is 0. The minimum absolute atomic E-state index is 0.472. The maximum absolute atomic E-state index is 5.05. The fourth-order valence-electron chi connectivity index (χ4n) is 0.225. The number of rotatable bonds is 4. The van der Waals surface area contributed by atoms with Crippen LogP contribution in [0.15, 0.2) is 0 Å². The molecular formula is C4H12NOP. The summed E-state index contributed by atoms with van der Waals surface area (Å²) in [5.74, 6) is 0. The SMILES string of the molecule is CCCOPNC. The first kappa shape index (κ1) is 7.35. The molecular weight excluding hydrogens is 109 g/mol. The quantitative estimate of drug-likeness (QED) is 0.445. The van der Waals surface area contributed by atoms with Gasteiger partial charge in [-0.25, -0.2) is 0 Å². The van der Waals surface area contributed by atoms with Crippen molar-refractivity contribution in [2.45, 2.75) is 13.3 Å². The summed E-state index contributed by atoms with van der Waals surface area (Å²) < 4.78 is 5.05. The summed E-state index contributed by atoms with van der Waals surface area (Å²) in [5, 5.41) is 2.91. The molecule has 0 spiro atoms. The van der Waals surface area contributed by atoms with Crippen LogP contribution in [0.25, 0.3) is 0 Å². The highest BCUT2D eigenvalue weighted by atomic mass is 31.1. The summed E-state index contributed by atoms with van der Waals surface area (Å²) in [6.45, 7) is 2.97. The Balaban J connectivity index is 2.45. The van der Waals surface area contributed by atoms with Crippen molar-refractivity contribution in [3.63, 3.8) is 0 Å². The first-order valence-corrected chi connectivity index (χ1v) is 3.36. The Hall–Kier alpha value is 0.350. The summed E-state index contributed by atoms with van der Waals surface area (Å²) in [7, 11) is 2.35. The molecule has 0 aliphatic carbocycles. The Kier molecular flexibility index (Phi) is 6.67. The van der Waals surface area contributed by atoms with E-state index in [1.54, 1.807) is 0 Å². The van der Waals surface area contributed by atoms with Gasteiger partial charge in [0.25, 0.3) is 0 Å². The van der Waals surface area contributed by atoms with Crippen LogP contribution in [0, 0.1) is 0 Å². The molecule has 7 heavy (non-hydrogen) atoms. The van der Waals surface area contributed by atoms with E-state index in [0.29, 0.717) is 8.96 Å². The van der Waals surface area contributed by atoms with Crippen LogP contribution < -0.4 is 5.09 Å². The van der Waals surface area contributed by atoms with E-state index in [1.165, 1.54) is 0 Å². The highest BCUT2D eigenvalue weighted by Gasteiger charge is 1.76. The van der Waals surface area contributed by atoms with Crippen LogP contribution in [0.1, 0.15) is 13.3 Å². The van der Waals surface area contributed by atoms with Gasteiger partial charge in [-0.3, -0.25) is 5.09 Å². The molecule has 44 valence electrons. The second-order valence-electron chi connectivity index (χ2n) is 1.20. The normalized spacial score (nSPS) is 11.1. The zero-order chi connectivity index (χ0) is 5.54. The summed E-state index contributed by atoms with van der Waals surface area (Å²) in [5.41, 5.74) is 0. The van der Waals surface area contributed by atoms with E-state index in [1.807, 2.05) is 7.05 Å². The third-order valence-electron chi connectivity index (χ3n) is 0.480. The molecule has 1 N–H and O–H groups in total. The van der Waals surface area contributed by atoms with Gasteiger partial charge in [0.1, 0.15) is 0 Å². The van der Waals surface area contributed by atoms with Crippen LogP contribution in [-0.4, -0.2) is 13.7 Å². The van der Waals surface area contributed by atoms with Crippen LogP contribution in [0.4, 0.5) is 0 Å². The van der Waals surface area contributed by atoms with E-state index in [9.17, 15) is 0 Å². The maximum Gasteiger partial charge on any atom is 0.0858 e. The van der Waals surface area contributed by atoms with E-state index in [-0.39, 0.29) is 0 Å². The van der Waals surface area contributed by atoms with E-state index in [4.69, 9.17) is 4.52 Å². The molecule has 0 radical (unpaired) electrons. The van der Waals surface area contributed by atoms with Crippen LogP contribution in [0.2, 0.25) is 0 Å². The molecule has 0 aromatic heterocycles. The molecule has 0 rings (SSSR count). The van der Waals surface area contributed by atoms with Crippen molar-refractivity contribution in [3.8, 4) is 0 Å². The zero-order valence-corrected chi connectivity index (χ0v) is 5.82. The lowest BCUT2D eigenvalue weighted by molar-refractivity contribution is 0.359. The smallest absolute Gasteiger partial charge is 0.0858 e. The van der Waals surface area contributed by atoms with Gasteiger partial charge in [-0.15, -0.1) is 0 Å². The number of nitrogens with one attached hydrogen (secondary N) is 1. The first-order valence-electron chi connectivity index (χ1n) is 2.45. The summed E-state index contributed by atoms with van der Waals surface area (Å²) in [4.78, 5) is 0. The molecule has 0 amide bonds. The lowest BCUT2D eigenvalue weighted by atomic mass is 10.5. The van der Waals surface area contributed by atoms with Gasteiger partial charge in [0.15, 0.2) is 0 Å². The molecule has 1 atom stereocenters. The molecule has 0 aliphatic rings. The molecule has 1 unspecified atom stereocenters. The minimum atomic E-state index is 0.472. The summed E-state index contributed by atoms with van der Waals surface area (Å²) in [6, 6.07) is 0. The van der Waals surface area contributed by atoms with Crippen LogP contribution in [0.3, 0.4) is 0 Å². The molecule has 0 aliphatic heterocycles. The third-order valence-corrected chi connectivity index (χ3v) is 1.03. The second-order valence-corrected chi connectivity index (χ2v) is 2.19. The van der Waals surface area contributed by atoms with E-state index in [2.05, 4.69) is 12.0 Å². The summed E-state index contributed by atoms with van der Waals surface area (Å²) in [6.07, 6.45) is 1.11. The van der Waals surface area contributed by atoms with Crippen molar-refractivity contribution in [1.29, 1.82) is 0 Å². The fourth-order valence-corrected chi connectivity index (χ4v) is 0.676. The van der Waals surface area contributed by atoms with Crippen molar-refractivity contribution in [2.75, 3.05) is 13.7 Å². The van der Waals surface area contributed by atoms with Gasteiger partial charge in [0.05, 0.1) is 15.6 Å². The van der Waals surface area contributed by atoms with E-state index < -0.39 is 0 Å². The van der Waals surface area contributed by atoms with Crippen LogP contribution >= 0.6 is 8.96 Å². The molecule has 0 heterocycles. The lowest BCUT2D eigenvalue weighted by Gasteiger charge is -1.96. The topological polar surface area (TPSA) is 21.3 Å². The zero-order valence-electron chi connectivity index (χ0n) is 4.82.